The maximum atomic E-state index is 11.3. The molecule has 0 amide bonds. The maximum absolute atomic E-state index is 11.3. The van der Waals surface area contributed by atoms with Crippen molar-refractivity contribution in [2.45, 2.75) is 51.7 Å². The highest BCUT2D eigenvalue weighted by Crippen LogP contribution is 2.18. The molecule has 0 aliphatic rings. The molecule has 0 bridgehead atoms. The van der Waals surface area contributed by atoms with Gasteiger partial charge in [-0.3, -0.25) is 4.79 Å². The zero-order valence-corrected chi connectivity index (χ0v) is 12.0. The fourth-order valence-corrected chi connectivity index (χ4v) is 2.00. The van der Waals surface area contributed by atoms with E-state index < -0.39 is 11.5 Å². The van der Waals surface area contributed by atoms with Crippen LogP contribution in [0.5, 0.6) is 0 Å². The molecule has 0 fully saturated rings. The molecule has 0 aromatic carbocycles. The number of likely N-dealkylation sites (N-methyl/N-ethyl adjacent to an activating group) is 1. The van der Waals surface area contributed by atoms with Crippen molar-refractivity contribution in [3.63, 3.8) is 0 Å². The number of ether oxygens (including phenoxy) is 2. The van der Waals surface area contributed by atoms with Crippen LogP contribution in [0.15, 0.2) is 0 Å². The molecule has 0 saturated carbocycles. The van der Waals surface area contributed by atoms with Crippen LogP contribution in [0, 0.1) is 0 Å². The second-order valence-corrected chi connectivity index (χ2v) is 4.51. The van der Waals surface area contributed by atoms with Crippen molar-refractivity contribution in [1.29, 1.82) is 0 Å². The highest BCUT2D eigenvalue weighted by atomic mass is 16.5. The summed E-state index contributed by atoms with van der Waals surface area (Å²) in [4.78, 5) is 11.3. The molecule has 18 heavy (non-hydrogen) atoms. The van der Waals surface area contributed by atoms with Crippen LogP contribution in [0.1, 0.15) is 40.0 Å². The normalized spacial score (nSPS) is 16.2. The minimum absolute atomic E-state index is 0.0509. The quantitative estimate of drug-likeness (QED) is 0.554. The topological polar surface area (TPSA) is 67.8 Å². The average Bonchev–Trinajstić information content (AvgIpc) is 2.33. The van der Waals surface area contributed by atoms with E-state index in [1.807, 2.05) is 20.8 Å². The van der Waals surface area contributed by atoms with Gasteiger partial charge in [0, 0.05) is 13.7 Å². The Labute approximate surface area is 110 Å². The summed E-state index contributed by atoms with van der Waals surface area (Å²) in [6, 6.07) is 0. The molecule has 0 heterocycles. The highest BCUT2D eigenvalue weighted by Gasteiger charge is 2.34. The van der Waals surface area contributed by atoms with E-state index in [0.29, 0.717) is 32.6 Å². The summed E-state index contributed by atoms with van der Waals surface area (Å²) >= 11 is 0. The van der Waals surface area contributed by atoms with Gasteiger partial charge in [-0.05, 0) is 32.7 Å². The third-order valence-corrected chi connectivity index (χ3v) is 3.08. The molecule has 0 saturated heterocycles. The van der Waals surface area contributed by atoms with Crippen LogP contribution in [0.3, 0.4) is 0 Å². The second kappa shape index (κ2) is 9.30. The lowest BCUT2D eigenvalue weighted by Crippen LogP contribution is -2.51. The Morgan fingerprint density at radius 1 is 1.44 bits per heavy atom. The van der Waals surface area contributed by atoms with Gasteiger partial charge < -0.3 is 19.9 Å². The number of carboxylic acids is 1. The Bertz CT molecular complexity index is 235. The summed E-state index contributed by atoms with van der Waals surface area (Å²) in [5, 5.41) is 12.4. The number of nitrogens with one attached hydrogen (secondary N) is 1. The van der Waals surface area contributed by atoms with Gasteiger partial charge in [-0.15, -0.1) is 0 Å². The predicted molar refractivity (Wildman–Crippen MR) is 70.9 cm³/mol. The van der Waals surface area contributed by atoms with Gasteiger partial charge in [0.2, 0.25) is 0 Å². The number of carboxylic acid groups (broad SMARTS) is 1. The molecule has 0 aromatic heterocycles. The van der Waals surface area contributed by atoms with Crippen LogP contribution in [-0.2, 0) is 14.3 Å². The van der Waals surface area contributed by atoms with Gasteiger partial charge in [-0.25, -0.2) is 0 Å². The van der Waals surface area contributed by atoms with Crippen LogP contribution < -0.4 is 5.32 Å². The van der Waals surface area contributed by atoms with Gasteiger partial charge in [-0.2, -0.15) is 0 Å². The molecular formula is C13H27NO4. The molecule has 0 aliphatic heterocycles. The molecule has 0 radical (unpaired) electrons. The summed E-state index contributed by atoms with van der Waals surface area (Å²) in [5.74, 6) is -0.781. The first kappa shape index (κ1) is 17.4. The number of aliphatic carboxylic acids is 1. The molecule has 0 aliphatic carbocycles. The smallest absolute Gasteiger partial charge is 0.323 e. The molecule has 2 N–H and O–H groups in total. The third-order valence-electron chi connectivity index (χ3n) is 3.08. The van der Waals surface area contributed by atoms with E-state index in [9.17, 15) is 9.90 Å². The summed E-state index contributed by atoms with van der Waals surface area (Å²) < 4.78 is 10.5. The van der Waals surface area contributed by atoms with E-state index in [0.717, 1.165) is 6.42 Å². The van der Waals surface area contributed by atoms with E-state index in [1.165, 1.54) is 0 Å². The first-order chi connectivity index (χ1) is 8.52. The molecular weight excluding hydrogens is 234 g/mol. The van der Waals surface area contributed by atoms with Crippen LogP contribution in [-0.4, -0.2) is 49.6 Å². The van der Waals surface area contributed by atoms with Gasteiger partial charge in [0.15, 0.2) is 0 Å². The lowest BCUT2D eigenvalue weighted by Gasteiger charge is -2.29. The first-order valence-electron chi connectivity index (χ1n) is 6.61. The lowest BCUT2D eigenvalue weighted by atomic mass is 9.90. The standard InChI is InChI=1S/C13H27NO4/c1-5-13(12(15)16,14-6-2)8-7-9-18-11(3)10-17-4/h11,14H,5-10H2,1-4H3,(H,15,16). The van der Waals surface area contributed by atoms with Crippen LogP contribution >= 0.6 is 0 Å². The molecule has 2 unspecified atom stereocenters. The summed E-state index contributed by atoms with van der Waals surface area (Å²) in [6.45, 7) is 7.53. The first-order valence-corrected chi connectivity index (χ1v) is 6.61. The van der Waals surface area contributed by atoms with Gasteiger partial charge in [0.25, 0.3) is 0 Å². The summed E-state index contributed by atoms with van der Waals surface area (Å²) in [5.41, 5.74) is -0.817. The van der Waals surface area contributed by atoms with Crippen molar-refractivity contribution in [2.75, 3.05) is 26.9 Å². The largest absolute Gasteiger partial charge is 0.480 e. The van der Waals surface area contributed by atoms with Crippen LogP contribution in [0.25, 0.3) is 0 Å². The monoisotopic (exact) mass is 261 g/mol. The van der Waals surface area contributed by atoms with Crippen LogP contribution in [0.4, 0.5) is 0 Å². The van der Waals surface area contributed by atoms with Crippen molar-refractivity contribution in [2.24, 2.45) is 0 Å². The Hall–Kier alpha value is -0.650. The SMILES string of the molecule is CCNC(CC)(CCCOC(C)COC)C(=O)O. The zero-order chi connectivity index (χ0) is 14.0. The summed E-state index contributed by atoms with van der Waals surface area (Å²) in [7, 11) is 1.64. The Kier molecular flexibility index (Phi) is 8.97. The fourth-order valence-electron chi connectivity index (χ4n) is 2.00. The fraction of sp³-hybridized carbons (Fsp3) is 0.923. The summed E-state index contributed by atoms with van der Waals surface area (Å²) in [6.07, 6.45) is 1.92. The van der Waals surface area contributed by atoms with Gasteiger partial charge in [0.1, 0.15) is 5.54 Å². The van der Waals surface area contributed by atoms with Crippen molar-refractivity contribution in [1.82, 2.24) is 5.32 Å². The molecule has 5 heteroatoms. The number of rotatable bonds is 11. The number of carbonyl (C=O) groups is 1. The van der Waals surface area contributed by atoms with Gasteiger partial charge >= 0.3 is 5.97 Å². The molecule has 5 nitrogen and oxygen atoms in total. The molecule has 0 spiro atoms. The molecule has 0 aromatic rings. The predicted octanol–water partition coefficient (Wildman–Crippen LogP) is 1.66. The van der Waals surface area contributed by atoms with E-state index in [1.54, 1.807) is 7.11 Å². The molecule has 108 valence electrons. The highest BCUT2D eigenvalue weighted by molar-refractivity contribution is 5.78. The number of hydrogen-bond donors (Lipinski definition) is 2. The zero-order valence-electron chi connectivity index (χ0n) is 12.0. The van der Waals surface area contributed by atoms with E-state index in [-0.39, 0.29) is 6.10 Å². The van der Waals surface area contributed by atoms with Crippen molar-refractivity contribution in [3.8, 4) is 0 Å². The minimum Gasteiger partial charge on any atom is -0.480 e. The number of methoxy groups -OCH3 is 1. The van der Waals surface area contributed by atoms with Crippen molar-refractivity contribution >= 4 is 5.97 Å². The van der Waals surface area contributed by atoms with Gasteiger partial charge in [0.05, 0.1) is 12.7 Å². The molecule has 2 atom stereocenters. The van der Waals surface area contributed by atoms with Crippen molar-refractivity contribution < 1.29 is 19.4 Å². The second-order valence-electron chi connectivity index (χ2n) is 4.51. The maximum Gasteiger partial charge on any atom is 0.323 e. The Morgan fingerprint density at radius 3 is 2.56 bits per heavy atom. The van der Waals surface area contributed by atoms with Crippen LogP contribution in [0.2, 0.25) is 0 Å². The van der Waals surface area contributed by atoms with E-state index in [2.05, 4.69) is 5.32 Å². The van der Waals surface area contributed by atoms with E-state index >= 15 is 0 Å². The minimum atomic E-state index is -0.817. The molecule has 0 rings (SSSR count). The average molecular weight is 261 g/mol. The van der Waals surface area contributed by atoms with E-state index in [4.69, 9.17) is 9.47 Å². The number of hydrogen-bond acceptors (Lipinski definition) is 4. The van der Waals surface area contributed by atoms with Gasteiger partial charge in [-0.1, -0.05) is 13.8 Å². The Balaban J connectivity index is 4.08. The third kappa shape index (κ3) is 5.80. The Morgan fingerprint density at radius 2 is 2.11 bits per heavy atom. The lowest BCUT2D eigenvalue weighted by molar-refractivity contribution is -0.145. The van der Waals surface area contributed by atoms with Crippen molar-refractivity contribution in [3.05, 3.63) is 0 Å².